The van der Waals surface area contributed by atoms with Crippen LogP contribution in [0, 0.1) is 6.92 Å². The van der Waals surface area contributed by atoms with E-state index in [0.29, 0.717) is 12.4 Å². The minimum atomic E-state index is -0.988. The van der Waals surface area contributed by atoms with E-state index in [1.54, 1.807) is 11.8 Å². The minimum absolute atomic E-state index is 0.114. The van der Waals surface area contributed by atoms with Gasteiger partial charge in [-0.2, -0.15) is 0 Å². The number of nitrogens with two attached hydrogens (primary N) is 1. The van der Waals surface area contributed by atoms with Crippen LogP contribution in [0.3, 0.4) is 0 Å². The third kappa shape index (κ3) is 3.86. The van der Waals surface area contributed by atoms with Gasteiger partial charge in [0.15, 0.2) is 5.37 Å². The summed E-state index contributed by atoms with van der Waals surface area (Å²) in [6.45, 7) is 2.62. The molecule has 1 heterocycles. The molecule has 2 aromatic rings. The number of carboxylic acids is 1. The van der Waals surface area contributed by atoms with Crippen molar-refractivity contribution in [1.82, 2.24) is 0 Å². The Balaban J connectivity index is 1.59. The van der Waals surface area contributed by atoms with E-state index in [1.165, 1.54) is 11.1 Å². The molecule has 120 valence electrons. The van der Waals surface area contributed by atoms with E-state index in [2.05, 4.69) is 19.1 Å². The number of benzene rings is 2. The van der Waals surface area contributed by atoms with Gasteiger partial charge in [-0.15, -0.1) is 0 Å². The van der Waals surface area contributed by atoms with Gasteiger partial charge in [-0.3, -0.25) is 0 Å². The van der Waals surface area contributed by atoms with Gasteiger partial charge >= 0.3 is 0 Å². The molecule has 4 nitrogen and oxygen atoms in total. The maximum atomic E-state index is 10.9. The number of thioether (sulfide) groups is 1. The first-order valence-electron chi connectivity index (χ1n) is 7.58. The molecule has 1 aliphatic heterocycles. The lowest BCUT2D eigenvalue weighted by Crippen LogP contribution is -2.90. The van der Waals surface area contributed by atoms with Crippen molar-refractivity contribution in [2.75, 3.05) is 5.75 Å². The third-order valence-corrected chi connectivity index (χ3v) is 5.37. The molecule has 0 aliphatic carbocycles. The van der Waals surface area contributed by atoms with Crippen molar-refractivity contribution in [2.24, 2.45) is 0 Å². The molecule has 0 spiro atoms. The normalized spacial score (nSPS) is 20.4. The second-order valence-electron chi connectivity index (χ2n) is 5.66. The smallest absolute Gasteiger partial charge is 0.159 e. The molecular formula is C18H19NO3S. The maximum absolute atomic E-state index is 10.9. The van der Waals surface area contributed by atoms with E-state index in [4.69, 9.17) is 4.74 Å². The van der Waals surface area contributed by atoms with Gasteiger partial charge in [0, 0.05) is 5.56 Å². The monoisotopic (exact) mass is 329 g/mol. The van der Waals surface area contributed by atoms with Crippen molar-refractivity contribution in [2.45, 2.75) is 24.9 Å². The molecule has 0 amide bonds. The number of quaternary nitrogens is 1. The summed E-state index contributed by atoms with van der Waals surface area (Å²) in [7, 11) is 0. The summed E-state index contributed by atoms with van der Waals surface area (Å²) in [6, 6.07) is 15.6. The average molecular weight is 329 g/mol. The van der Waals surface area contributed by atoms with Crippen LogP contribution in [0.1, 0.15) is 22.1 Å². The van der Waals surface area contributed by atoms with E-state index in [1.807, 2.05) is 41.7 Å². The summed E-state index contributed by atoms with van der Waals surface area (Å²) >= 11 is 1.63. The van der Waals surface area contributed by atoms with Gasteiger partial charge in [-0.05, 0) is 42.3 Å². The first-order chi connectivity index (χ1) is 11.1. The molecule has 1 saturated heterocycles. The molecule has 0 bridgehead atoms. The lowest BCUT2D eigenvalue weighted by Gasteiger charge is -2.12. The Hall–Kier alpha value is -1.98. The van der Waals surface area contributed by atoms with E-state index in [9.17, 15) is 9.90 Å². The highest BCUT2D eigenvalue weighted by Gasteiger charge is 2.30. The molecule has 1 fully saturated rings. The Bertz CT molecular complexity index is 687. The van der Waals surface area contributed by atoms with Crippen molar-refractivity contribution in [3.8, 4) is 5.75 Å². The zero-order valence-electron chi connectivity index (χ0n) is 12.9. The zero-order valence-corrected chi connectivity index (χ0v) is 13.7. The van der Waals surface area contributed by atoms with Gasteiger partial charge in [-0.25, -0.2) is 0 Å². The van der Waals surface area contributed by atoms with Gasteiger partial charge in [0.05, 0.1) is 5.75 Å². The molecule has 0 saturated carbocycles. The minimum Gasteiger partial charge on any atom is -0.544 e. The van der Waals surface area contributed by atoms with Gasteiger partial charge in [0.1, 0.15) is 24.4 Å². The molecule has 2 aromatic carbocycles. The van der Waals surface area contributed by atoms with Crippen LogP contribution in [0.15, 0.2) is 48.5 Å². The molecular weight excluding hydrogens is 310 g/mol. The SMILES string of the molecule is Cc1ccccc1COc1ccc(C2[NH2+]C(C(=O)[O-])CS2)cc1. The molecule has 2 atom stereocenters. The average Bonchev–Trinajstić information content (AvgIpc) is 3.05. The van der Waals surface area contributed by atoms with E-state index in [-0.39, 0.29) is 5.37 Å². The summed E-state index contributed by atoms with van der Waals surface area (Å²) in [5.41, 5.74) is 3.49. The fraction of sp³-hybridized carbons (Fsp3) is 0.278. The van der Waals surface area contributed by atoms with Crippen molar-refractivity contribution in [1.29, 1.82) is 0 Å². The summed E-state index contributed by atoms with van der Waals surface area (Å²) in [5, 5.41) is 12.9. The Kier molecular flexibility index (Phi) is 4.88. The second kappa shape index (κ2) is 7.06. The number of rotatable bonds is 5. The molecule has 2 N–H and O–H groups in total. The second-order valence-corrected chi connectivity index (χ2v) is 6.83. The van der Waals surface area contributed by atoms with Crippen LogP contribution < -0.4 is 15.2 Å². The molecule has 0 radical (unpaired) electrons. The van der Waals surface area contributed by atoms with E-state index >= 15 is 0 Å². The highest BCUT2D eigenvalue weighted by molar-refractivity contribution is 7.99. The number of carbonyl (C=O) groups is 1. The van der Waals surface area contributed by atoms with E-state index in [0.717, 1.165) is 11.3 Å². The Morgan fingerprint density at radius 1 is 1.26 bits per heavy atom. The van der Waals surface area contributed by atoms with Crippen LogP contribution in [0.25, 0.3) is 0 Å². The van der Waals surface area contributed by atoms with Gasteiger partial charge in [-0.1, -0.05) is 36.0 Å². The predicted octanol–water partition coefficient (Wildman–Crippen LogP) is 1.00. The number of carbonyl (C=O) groups excluding carboxylic acids is 1. The highest BCUT2D eigenvalue weighted by atomic mass is 32.2. The molecule has 5 heteroatoms. The fourth-order valence-electron chi connectivity index (χ4n) is 2.57. The lowest BCUT2D eigenvalue weighted by molar-refractivity contribution is -0.690. The van der Waals surface area contributed by atoms with Crippen molar-refractivity contribution < 1.29 is 20.0 Å². The van der Waals surface area contributed by atoms with Crippen molar-refractivity contribution in [3.05, 3.63) is 65.2 Å². The molecule has 3 rings (SSSR count). The lowest BCUT2D eigenvalue weighted by atomic mass is 10.1. The fourth-order valence-corrected chi connectivity index (χ4v) is 3.88. The summed E-state index contributed by atoms with van der Waals surface area (Å²) in [5.74, 6) is 0.410. The first kappa shape index (κ1) is 15.9. The van der Waals surface area contributed by atoms with Crippen LogP contribution >= 0.6 is 11.8 Å². The Morgan fingerprint density at radius 3 is 2.65 bits per heavy atom. The summed E-state index contributed by atoms with van der Waals surface area (Å²) < 4.78 is 5.83. The van der Waals surface area contributed by atoms with Crippen molar-refractivity contribution in [3.63, 3.8) is 0 Å². The number of aliphatic carboxylic acids is 1. The quantitative estimate of drug-likeness (QED) is 0.889. The molecule has 2 unspecified atom stereocenters. The van der Waals surface area contributed by atoms with Gasteiger partial charge in [0.25, 0.3) is 0 Å². The van der Waals surface area contributed by atoms with E-state index < -0.39 is 12.0 Å². The Labute approximate surface area is 139 Å². The van der Waals surface area contributed by atoms with Gasteiger partial charge in [0.2, 0.25) is 0 Å². The van der Waals surface area contributed by atoms with Crippen LogP contribution in [-0.2, 0) is 11.4 Å². The number of carboxylic acid groups (broad SMARTS) is 1. The van der Waals surface area contributed by atoms with Crippen LogP contribution in [0.2, 0.25) is 0 Å². The number of hydrogen-bond donors (Lipinski definition) is 1. The molecule has 23 heavy (non-hydrogen) atoms. The third-order valence-electron chi connectivity index (χ3n) is 4.03. The zero-order chi connectivity index (χ0) is 16.2. The topological polar surface area (TPSA) is 66.0 Å². The van der Waals surface area contributed by atoms with Crippen LogP contribution in [0.4, 0.5) is 0 Å². The number of aryl methyl sites for hydroxylation is 1. The summed E-state index contributed by atoms with van der Waals surface area (Å²) in [4.78, 5) is 10.9. The van der Waals surface area contributed by atoms with Crippen LogP contribution in [-0.4, -0.2) is 17.8 Å². The highest BCUT2D eigenvalue weighted by Crippen LogP contribution is 2.28. The predicted molar refractivity (Wildman–Crippen MR) is 87.9 cm³/mol. The first-order valence-corrected chi connectivity index (χ1v) is 8.63. The number of hydrogen-bond acceptors (Lipinski definition) is 4. The van der Waals surface area contributed by atoms with Crippen molar-refractivity contribution >= 4 is 17.7 Å². The molecule has 0 aromatic heterocycles. The molecule has 1 aliphatic rings. The largest absolute Gasteiger partial charge is 0.544 e. The standard InChI is InChI=1S/C18H19NO3S/c1-12-4-2-3-5-14(12)10-22-15-8-6-13(7-9-15)17-19-16(11-23-17)18(20)21/h2-9,16-17,19H,10-11H2,1H3,(H,20,21). The summed E-state index contributed by atoms with van der Waals surface area (Å²) in [6.07, 6.45) is 0. The number of ether oxygens (including phenoxy) is 1. The van der Waals surface area contributed by atoms with Crippen LogP contribution in [0.5, 0.6) is 5.75 Å². The Morgan fingerprint density at radius 2 is 2.00 bits per heavy atom. The maximum Gasteiger partial charge on any atom is 0.159 e. The van der Waals surface area contributed by atoms with Gasteiger partial charge < -0.3 is 20.0 Å².